The van der Waals surface area contributed by atoms with Gasteiger partial charge in [-0.05, 0) is 30.5 Å². The molecule has 0 fully saturated rings. The third-order valence-electron chi connectivity index (χ3n) is 6.18. The van der Waals surface area contributed by atoms with E-state index in [2.05, 4.69) is 13.0 Å². The van der Waals surface area contributed by atoms with Crippen LogP contribution in [0.5, 0.6) is 0 Å². The largest absolute Gasteiger partial charge is 0.379 e. The van der Waals surface area contributed by atoms with Gasteiger partial charge in [0.15, 0.2) is 0 Å². The standard InChI is InChI=1S/C22H21FN2O3/c1-3-12-13-7-5-6-8-17(13)24-19-14(12)10-25-18(19)9-16-15(20(25)26)11-28-21(23)22(16,27)4-2/h5-9,21,27H,3-4,10-11H2,1-2H3/t21-,22+/m1/s1. The van der Waals surface area contributed by atoms with Crippen molar-refractivity contribution < 1.29 is 14.2 Å². The average Bonchev–Trinajstić information content (AvgIpc) is 3.08. The van der Waals surface area contributed by atoms with Crippen molar-refractivity contribution in [2.75, 3.05) is 0 Å². The van der Waals surface area contributed by atoms with E-state index in [1.807, 2.05) is 18.2 Å². The maximum atomic E-state index is 14.4. The van der Waals surface area contributed by atoms with Crippen LogP contribution >= 0.6 is 0 Å². The number of hydrogen-bond donors (Lipinski definition) is 1. The highest BCUT2D eigenvalue weighted by atomic mass is 19.1. The van der Waals surface area contributed by atoms with E-state index >= 15 is 0 Å². The topological polar surface area (TPSA) is 64.4 Å². The summed E-state index contributed by atoms with van der Waals surface area (Å²) in [6.07, 6.45) is -0.922. The van der Waals surface area contributed by atoms with Crippen molar-refractivity contribution in [3.63, 3.8) is 0 Å². The lowest BCUT2D eigenvalue weighted by Gasteiger charge is -2.36. The molecule has 6 heteroatoms. The molecule has 0 unspecified atom stereocenters. The number of aromatic nitrogens is 2. The number of pyridine rings is 2. The van der Waals surface area contributed by atoms with Crippen molar-refractivity contribution in [2.24, 2.45) is 0 Å². The monoisotopic (exact) mass is 380 g/mol. The smallest absolute Gasteiger partial charge is 0.257 e. The summed E-state index contributed by atoms with van der Waals surface area (Å²) >= 11 is 0. The van der Waals surface area contributed by atoms with Gasteiger partial charge in [-0.3, -0.25) is 4.79 Å². The summed E-state index contributed by atoms with van der Waals surface area (Å²) in [7, 11) is 0. The van der Waals surface area contributed by atoms with Crippen LogP contribution in [-0.4, -0.2) is 21.0 Å². The number of nitrogens with zero attached hydrogens (tertiary/aromatic N) is 2. The van der Waals surface area contributed by atoms with Gasteiger partial charge in [-0.25, -0.2) is 9.37 Å². The highest BCUT2D eigenvalue weighted by Gasteiger charge is 2.45. The van der Waals surface area contributed by atoms with Crippen LogP contribution in [0.2, 0.25) is 0 Å². The van der Waals surface area contributed by atoms with Crippen molar-refractivity contribution in [1.29, 1.82) is 0 Å². The van der Waals surface area contributed by atoms with Crippen LogP contribution in [0.4, 0.5) is 4.39 Å². The second-order valence-corrected chi connectivity index (χ2v) is 7.51. The number of hydrogen-bond acceptors (Lipinski definition) is 4. The molecule has 0 amide bonds. The number of rotatable bonds is 2. The van der Waals surface area contributed by atoms with E-state index < -0.39 is 12.0 Å². The molecule has 144 valence electrons. The number of halogens is 1. The van der Waals surface area contributed by atoms with Crippen molar-refractivity contribution in [2.45, 2.75) is 51.8 Å². The molecular formula is C22H21FN2O3. The number of fused-ring (bicyclic) bond motifs is 5. The molecule has 2 aliphatic rings. The van der Waals surface area contributed by atoms with Gasteiger partial charge < -0.3 is 14.4 Å². The Morgan fingerprint density at radius 1 is 1.32 bits per heavy atom. The maximum absolute atomic E-state index is 14.4. The van der Waals surface area contributed by atoms with E-state index in [-0.39, 0.29) is 18.6 Å². The Balaban J connectivity index is 1.83. The molecule has 0 spiro atoms. The van der Waals surface area contributed by atoms with Crippen molar-refractivity contribution in [3.05, 3.63) is 62.9 Å². The summed E-state index contributed by atoms with van der Waals surface area (Å²) in [6.45, 7) is 4.08. The molecule has 0 saturated carbocycles. The van der Waals surface area contributed by atoms with Gasteiger partial charge in [-0.15, -0.1) is 0 Å². The van der Waals surface area contributed by atoms with Crippen molar-refractivity contribution >= 4 is 10.9 Å². The van der Waals surface area contributed by atoms with Gasteiger partial charge in [-0.1, -0.05) is 32.0 Å². The Bertz CT molecular complexity index is 1190. The van der Waals surface area contributed by atoms with E-state index in [4.69, 9.17) is 9.72 Å². The minimum Gasteiger partial charge on any atom is -0.379 e. The van der Waals surface area contributed by atoms with Crippen LogP contribution in [0.15, 0.2) is 35.1 Å². The molecule has 0 saturated heterocycles. The van der Waals surface area contributed by atoms with Gasteiger partial charge in [0.25, 0.3) is 5.56 Å². The van der Waals surface area contributed by atoms with Crippen LogP contribution < -0.4 is 5.56 Å². The fourth-order valence-electron chi connectivity index (χ4n) is 4.60. The lowest BCUT2D eigenvalue weighted by molar-refractivity contribution is -0.198. The normalized spacial score (nSPS) is 22.8. The minimum atomic E-state index is -1.86. The summed E-state index contributed by atoms with van der Waals surface area (Å²) in [5, 5.41) is 12.0. The Morgan fingerprint density at radius 2 is 2.11 bits per heavy atom. The van der Waals surface area contributed by atoms with Crippen LogP contribution in [0.1, 0.15) is 42.5 Å². The van der Waals surface area contributed by atoms with Gasteiger partial charge in [0, 0.05) is 22.1 Å². The quantitative estimate of drug-likeness (QED) is 0.579. The number of ether oxygens (including phenoxy) is 1. The molecule has 5 rings (SSSR count). The molecule has 0 aliphatic carbocycles. The first kappa shape index (κ1) is 17.5. The van der Waals surface area contributed by atoms with Gasteiger partial charge >= 0.3 is 0 Å². The predicted octanol–water partition coefficient (Wildman–Crippen LogP) is 3.41. The van der Waals surface area contributed by atoms with E-state index in [0.717, 1.165) is 28.6 Å². The number of benzene rings is 1. The van der Waals surface area contributed by atoms with Gasteiger partial charge in [0.2, 0.25) is 6.36 Å². The molecular weight excluding hydrogens is 359 g/mol. The zero-order valence-corrected chi connectivity index (χ0v) is 15.8. The number of aryl methyl sites for hydroxylation is 1. The summed E-state index contributed by atoms with van der Waals surface area (Å²) in [5.74, 6) is 0. The van der Waals surface area contributed by atoms with E-state index in [1.54, 1.807) is 17.6 Å². The molecule has 0 radical (unpaired) electrons. The van der Waals surface area contributed by atoms with Gasteiger partial charge in [-0.2, -0.15) is 0 Å². The lowest BCUT2D eigenvalue weighted by Crippen LogP contribution is -2.45. The number of alkyl halides is 1. The van der Waals surface area contributed by atoms with E-state index in [0.29, 0.717) is 23.4 Å². The highest BCUT2D eigenvalue weighted by Crippen LogP contribution is 2.42. The van der Waals surface area contributed by atoms with Crippen LogP contribution in [0.3, 0.4) is 0 Å². The van der Waals surface area contributed by atoms with E-state index in [1.165, 1.54) is 5.56 Å². The molecule has 4 heterocycles. The van der Waals surface area contributed by atoms with Crippen LogP contribution in [0, 0.1) is 0 Å². The third-order valence-corrected chi connectivity index (χ3v) is 6.18. The van der Waals surface area contributed by atoms with Crippen LogP contribution in [-0.2, 0) is 29.9 Å². The minimum absolute atomic E-state index is 0.113. The zero-order valence-electron chi connectivity index (χ0n) is 15.8. The Labute approximate surface area is 161 Å². The first-order chi connectivity index (χ1) is 13.5. The highest BCUT2D eigenvalue weighted by molar-refractivity contribution is 5.88. The molecule has 1 aromatic carbocycles. The van der Waals surface area contributed by atoms with Crippen molar-refractivity contribution in [1.82, 2.24) is 9.55 Å². The first-order valence-corrected chi connectivity index (χ1v) is 9.65. The van der Waals surface area contributed by atoms with Gasteiger partial charge in [0.1, 0.15) is 5.60 Å². The molecule has 5 nitrogen and oxygen atoms in total. The van der Waals surface area contributed by atoms with Crippen molar-refractivity contribution in [3.8, 4) is 11.4 Å². The maximum Gasteiger partial charge on any atom is 0.257 e. The second-order valence-electron chi connectivity index (χ2n) is 7.51. The number of aliphatic hydroxyl groups is 1. The molecule has 0 bridgehead atoms. The second kappa shape index (κ2) is 5.96. The summed E-state index contributed by atoms with van der Waals surface area (Å²) in [5.41, 5.74) is 3.05. The summed E-state index contributed by atoms with van der Waals surface area (Å²) < 4.78 is 21.2. The number of para-hydroxylation sites is 1. The predicted molar refractivity (Wildman–Crippen MR) is 104 cm³/mol. The molecule has 3 aromatic rings. The van der Waals surface area contributed by atoms with Gasteiger partial charge in [0.05, 0.1) is 30.1 Å². The molecule has 1 N–H and O–H groups in total. The summed E-state index contributed by atoms with van der Waals surface area (Å²) in [6, 6.07) is 9.68. The Hall–Kier alpha value is -2.57. The Morgan fingerprint density at radius 3 is 2.86 bits per heavy atom. The SMILES string of the molecule is CCc1c2c(nc3ccccc13)-c1cc3c(c(=O)n1C2)CO[C@@H](F)[C@]3(O)CC. The molecule has 28 heavy (non-hydrogen) atoms. The average molecular weight is 380 g/mol. The lowest BCUT2D eigenvalue weighted by atomic mass is 9.85. The van der Waals surface area contributed by atoms with Crippen LogP contribution in [0.25, 0.3) is 22.3 Å². The third kappa shape index (κ3) is 2.13. The first-order valence-electron chi connectivity index (χ1n) is 9.65. The fraction of sp³-hybridized carbons (Fsp3) is 0.364. The Kier molecular flexibility index (Phi) is 3.73. The fourth-order valence-corrected chi connectivity index (χ4v) is 4.60. The molecule has 2 aliphatic heterocycles. The molecule has 2 aromatic heterocycles. The zero-order chi connectivity index (χ0) is 19.6. The molecule has 2 atom stereocenters. The van der Waals surface area contributed by atoms with E-state index in [9.17, 15) is 14.3 Å². The summed E-state index contributed by atoms with van der Waals surface area (Å²) in [4.78, 5) is 18.0.